The van der Waals surface area contributed by atoms with Crippen molar-refractivity contribution in [1.29, 1.82) is 0 Å². The van der Waals surface area contributed by atoms with Crippen LogP contribution in [-0.4, -0.2) is 28.2 Å². The minimum absolute atomic E-state index is 0.161. The van der Waals surface area contributed by atoms with Crippen molar-refractivity contribution in [3.05, 3.63) is 70.0 Å². The minimum Gasteiger partial charge on any atom is -0.454 e. The number of nitro groups is 1. The number of nitrogens with zero attached hydrogens (tertiary/aromatic N) is 4. The molecule has 1 N–H and O–H groups in total. The first-order valence-electron chi connectivity index (χ1n) is 9.53. The molecule has 0 atom stereocenters. The highest BCUT2D eigenvalue weighted by Gasteiger charge is 2.27. The van der Waals surface area contributed by atoms with Gasteiger partial charge in [-0.25, -0.2) is 9.97 Å². The van der Waals surface area contributed by atoms with E-state index in [9.17, 15) is 10.1 Å². The van der Waals surface area contributed by atoms with E-state index in [1.165, 1.54) is 6.33 Å². The van der Waals surface area contributed by atoms with E-state index >= 15 is 0 Å². The largest absolute Gasteiger partial charge is 0.454 e. The first-order chi connectivity index (χ1) is 14.6. The van der Waals surface area contributed by atoms with Crippen LogP contribution >= 0.6 is 0 Å². The standard InChI is InChI=1S/C21H21N5O4/c1-3-25(16-6-4-5-14(2)9-16)21-19(26(27)28)20(23-12-24-21)22-11-15-7-8-17-18(10-15)30-13-29-17/h4-10,12H,3,11,13H2,1-2H3,(H,22,23,24). The van der Waals surface area contributed by atoms with E-state index < -0.39 is 4.92 Å². The molecule has 0 amide bonds. The highest BCUT2D eigenvalue weighted by Crippen LogP contribution is 2.37. The molecule has 3 aromatic rings. The summed E-state index contributed by atoms with van der Waals surface area (Å²) in [6, 6.07) is 13.3. The summed E-state index contributed by atoms with van der Waals surface area (Å²) in [6.07, 6.45) is 1.34. The van der Waals surface area contributed by atoms with Gasteiger partial charge < -0.3 is 19.7 Å². The van der Waals surface area contributed by atoms with Gasteiger partial charge in [0.05, 0.1) is 4.92 Å². The van der Waals surface area contributed by atoms with Crippen LogP contribution in [0.4, 0.5) is 23.0 Å². The highest BCUT2D eigenvalue weighted by molar-refractivity contribution is 5.75. The Hall–Kier alpha value is -3.88. The summed E-state index contributed by atoms with van der Waals surface area (Å²) in [5.41, 5.74) is 2.62. The molecule has 9 nitrogen and oxygen atoms in total. The zero-order valence-electron chi connectivity index (χ0n) is 16.7. The third-order valence-corrected chi connectivity index (χ3v) is 4.77. The number of aromatic nitrogens is 2. The number of benzene rings is 2. The molecule has 2 aromatic carbocycles. The summed E-state index contributed by atoms with van der Waals surface area (Å²) in [5, 5.41) is 15.0. The summed E-state index contributed by atoms with van der Waals surface area (Å²) >= 11 is 0. The third kappa shape index (κ3) is 3.82. The van der Waals surface area contributed by atoms with E-state index in [2.05, 4.69) is 15.3 Å². The van der Waals surface area contributed by atoms with Crippen LogP contribution in [0.5, 0.6) is 11.5 Å². The maximum Gasteiger partial charge on any atom is 0.353 e. The second kappa shape index (κ2) is 8.24. The van der Waals surface area contributed by atoms with Crippen molar-refractivity contribution in [1.82, 2.24) is 9.97 Å². The van der Waals surface area contributed by atoms with Crippen molar-refractivity contribution in [2.45, 2.75) is 20.4 Å². The number of anilines is 3. The van der Waals surface area contributed by atoms with Crippen LogP contribution in [0.1, 0.15) is 18.1 Å². The van der Waals surface area contributed by atoms with Crippen LogP contribution in [0, 0.1) is 17.0 Å². The number of ether oxygens (including phenoxy) is 2. The van der Waals surface area contributed by atoms with Gasteiger partial charge in [-0.05, 0) is 49.2 Å². The van der Waals surface area contributed by atoms with Crippen LogP contribution in [0.3, 0.4) is 0 Å². The smallest absolute Gasteiger partial charge is 0.353 e. The van der Waals surface area contributed by atoms with Crippen molar-refractivity contribution in [2.75, 3.05) is 23.6 Å². The van der Waals surface area contributed by atoms with E-state index in [0.717, 1.165) is 16.8 Å². The van der Waals surface area contributed by atoms with Gasteiger partial charge in [-0.3, -0.25) is 10.1 Å². The van der Waals surface area contributed by atoms with Crippen molar-refractivity contribution >= 4 is 23.0 Å². The van der Waals surface area contributed by atoms with Crippen molar-refractivity contribution < 1.29 is 14.4 Å². The van der Waals surface area contributed by atoms with Crippen LogP contribution < -0.4 is 19.7 Å². The fourth-order valence-electron chi connectivity index (χ4n) is 3.35. The third-order valence-electron chi connectivity index (χ3n) is 4.77. The molecule has 0 saturated heterocycles. The number of aryl methyl sites for hydroxylation is 1. The molecule has 0 saturated carbocycles. The molecule has 0 radical (unpaired) electrons. The molecule has 4 rings (SSSR count). The lowest BCUT2D eigenvalue weighted by Gasteiger charge is -2.22. The maximum atomic E-state index is 11.9. The molecule has 0 aliphatic carbocycles. The summed E-state index contributed by atoms with van der Waals surface area (Å²) in [7, 11) is 0. The molecule has 0 unspecified atom stereocenters. The molecule has 9 heteroatoms. The first-order valence-corrected chi connectivity index (χ1v) is 9.53. The Labute approximate surface area is 173 Å². The number of nitrogens with one attached hydrogen (secondary N) is 1. The number of fused-ring (bicyclic) bond motifs is 1. The normalized spacial score (nSPS) is 11.9. The number of hydrogen-bond donors (Lipinski definition) is 1. The van der Waals surface area contributed by atoms with Gasteiger partial charge in [-0.2, -0.15) is 0 Å². The Morgan fingerprint density at radius 1 is 1.17 bits per heavy atom. The van der Waals surface area contributed by atoms with Crippen molar-refractivity contribution in [3.8, 4) is 11.5 Å². The van der Waals surface area contributed by atoms with Crippen molar-refractivity contribution in [2.24, 2.45) is 0 Å². The Kier molecular flexibility index (Phi) is 5.34. The summed E-state index contributed by atoms with van der Waals surface area (Å²) in [5.74, 6) is 1.75. The predicted molar refractivity (Wildman–Crippen MR) is 112 cm³/mol. The Balaban J connectivity index is 1.65. The minimum atomic E-state index is -0.449. The number of rotatable bonds is 7. The van der Waals surface area contributed by atoms with E-state index in [4.69, 9.17) is 9.47 Å². The molecule has 0 fully saturated rings. The summed E-state index contributed by atoms with van der Waals surface area (Å²) in [4.78, 5) is 21.7. The average molecular weight is 407 g/mol. The van der Waals surface area contributed by atoms with Crippen LogP contribution in [0.15, 0.2) is 48.8 Å². The molecule has 1 aliphatic heterocycles. The molecule has 1 aromatic heterocycles. The highest BCUT2D eigenvalue weighted by atomic mass is 16.7. The predicted octanol–water partition coefficient (Wildman–Crippen LogP) is 4.19. The van der Waals surface area contributed by atoms with Gasteiger partial charge in [0.1, 0.15) is 6.33 Å². The Bertz CT molecular complexity index is 1090. The first kappa shape index (κ1) is 19.4. The lowest BCUT2D eigenvalue weighted by atomic mass is 10.2. The molecule has 30 heavy (non-hydrogen) atoms. The molecule has 154 valence electrons. The zero-order chi connectivity index (χ0) is 21.1. The molecular formula is C21H21N5O4. The van der Waals surface area contributed by atoms with E-state index in [0.29, 0.717) is 24.6 Å². The van der Waals surface area contributed by atoms with Gasteiger partial charge in [0.15, 0.2) is 11.5 Å². The fourth-order valence-corrected chi connectivity index (χ4v) is 3.35. The molecule has 1 aliphatic rings. The van der Waals surface area contributed by atoms with E-state index in [-0.39, 0.29) is 24.1 Å². The van der Waals surface area contributed by atoms with Crippen LogP contribution in [0.2, 0.25) is 0 Å². The van der Waals surface area contributed by atoms with Crippen LogP contribution in [0.25, 0.3) is 0 Å². The monoisotopic (exact) mass is 407 g/mol. The van der Waals surface area contributed by atoms with Crippen molar-refractivity contribution in [3.63, 3.8) is 0 Å². The zero-order valence-corrected chi connectivity index (χ0v) is 16.7. The van der Waals surface area contributed by atoms with Gasteiger partial charge in [0.2, 0.25) is 18.4 Å². The van der Waals surface area contributed by atoms with Gasteiger partial charge in [-0.15, -0.1) is 0 Å². The second-order valence-electron chi connectivity index (χ2n) is 6.78. The Morgan fingerprint density at radius 3 is 2.77 bits per heavy atom. The molecule has 0 bridgehead atoms. The second-order valence-corrected chi connectivity index (χ2v) is 6.78. The SMILES string of the molecule is CCN(c1cccc(C)c1)c1ncnc(NCc2ccc3c(c2)OCO3)c1[N+](=O)[O-]. The number of hydrogen-bond acceptors (Lipinski definition) is 8. The van der Waals surface area contributed by atoms with Gasteiger partial charge in [0.25, 0.3) is 0 Å². The maximum absolute atomic E-state index is 11.9. The van der Waals surface area contributed by atoms with Crippen LogP contribution in [-0.2, 0) is 6.54 Å². The average Bonchev–Trinajstić information content (AvgIpc) is 3.20. The molecule has 0 spiro atoms. The summed E-state index contributed by atoms with van der Waals surface area (Å²) < 4.78 is 10.7. The Morgan fingerprint density at radius 2 is 2.00 bits per heavy atom. The molecular weight excluding hydrogens is 386 g/mol. The summed E-state index contributed by atoms with van der Waals surface area (Å²) in [6.45, 7) is 4.95. The van der Waals surface area contributed by atoms with Gasteiger partial charge >= 0.3 is 5.69 Å². The lowest BCUT2D eigenvalue weighted by Crippen LogP contribution is -2.20. The lowest BCUT2D eigenvalue weighted by molar-refractivity contribution is -0.383. The quantitative estimate of drug-likeness (QED) is 0.459. The van der Waals surface area contributed by atoms with E-state index in [1.807, 2.05) is 56.3 Å². The van der Waals surface area contributed by atoms with E-state index in [1.54, 1.807) is 4.90 Å². The van der Waals surface area contributed by atoms with Gasteiger partial charge in [0, 0.05) is 18.8 Å². The molecule has 2 heterocycles. The topological polar surface area (TPSA) is 103 Å². The van der Waals surface area contributed by atoms with Gasteiger partial charge in [-0.1, -0.05) is 18.2 Å². The fraction of sp³-hybridized carbons (Fsp3) is 0.238.